The monoisotopic (exact) mass is 486 g/mol. The normalized spacial score (nSPS) is 18.3. The van der Waals surface area contributed by atoms with Crippen LogP contribution in [0.15, 0.2) is 24.3 Å². The summed E-state index contributed by atoms with van der Waals surface area (Å²) in [6, 6.07) is 7.71. The third-order valence-corrected chi connectivity index (χ3v) is 7.30. The molecule has 35 heavy (non-hydrogen) atoms. The van der Waals surface area contributed by atoms with Gasteiger partial charge in [0.2, 0.25) is 12.3 Å². The predicted molar refractivity (Wildman–Crippen MR) is 127 cm³/mol. The number of anilines is 1. The number of para-hydroxylation sites is 1. The Morgan fingerprint density at radius 3 is 2.66 bits per heavy atom. The number of aryl methyl sites for hydroxylation is 1. The number of nitrogens with zero attached hydrogens (tertiary/aromatic N) is 4. The minimum Gasteiger partial charge on any atom is -0.447 e. The van der Waals surface area contributed by atoms with Crippen LogP contribution in [-0.4, -0.2) is 52.1 Å². The smallest absolute Gasteiger partial charge is 0.410 e. The van der Waals surface area contributed by atoms with Crippen LogP contribution in [0.1, 0.15) is 62.3 Å². The fourth-order valence-electron chi connectivity index (χ4n) is 5.66. The van der Waals surface area contributed by atoms with Gasteiger partial charge in [-0.3, -0.25) is 4.79 Å². The summed E-state index contributed by atoms with van der Waals surface area (Å²) in [5.41, 5.74) is 3.12. The number of carbonyl (C=O) groups excluding carboxylic acids is 2. The van der Waals surface area contributed by atoms with Crippen LogP contribution in [0.25, 0.3) is 0 Å². The molecule has 1 fully saturated rings. The Bertz CT molecular complexity index is 1120. The van der Waals surface area contributed by atoms with Gasteiger partial charge in [0.25, 0.3) is 0 Å². The summed E-state index contributed by atoms with van der Waals surface area (Å²) in [6.45, 7) is 4.93. The first kappa shape index (κ1) is 23.8. The van der Waals surface area contributed by atoms with Gasteiger partial charge in [0.1, 0.15) is 11.2 Å². The maximum Gasteiger partial charge on any atom is 0.410 e. The van der Waals surface area contributed by atoms with Crippen LogP contribution in [0.3, 0.4) is 0 Å². The molecule has 0 radical (unpaired) electrons. The van der Waals surface area contributed by atoms with E-state index in [1.54, 1.807) is 23.6 Å². The van der Waals surface area contributed by atoms with E-state index < -0.39 is 17.9 Å². The molecule has 3 heterocycles. The van der Waals surface area contributed by atoms with E-state index in [0.717, 1.165) is 54.1 Å². The fourth-order valence-corrected chi connectivity index (χ4v) is 5.66. The fraction of sp³-hybridized carbons (Fsp3) is 0.577. The lowest BCUT2D eigenvalue weighted by Gasteiger charge is -2.46. The molecule has 0 unspecified atom stereocenters. The molecule has 3 aliphatic rings. The summed E-state index contributed by atoms with van der Waals surface area (Å²) >= 11 is 0. The molecule has 2 aromatic rings. The zero-order valence-corrected chi connectivity index (χ0v) is 20.3. The van der Waals surface area contributed by atoms with Gasteiger partial charge in [-0.1, -0.05) is 18.2 Å². The number of hydrogen-bond donors (Lipinski definition) is 0. The van der Waals surface area contributed by atoms with Crippen molar-refractivity contribution in [2.24, 2.45) is 0 Å². The quantitative estimate of drug-likeness (QED) is 0.580. The summed E-state index contributed by atoms with van der Waals surface area (Å²) in [6.07, 6.45) is 1.16. The number of aromatic nitrogens is 2. The van der Waals surface area contributed by atoms with Gasteiger partial charge in [-0.05, 0) is 57.6 Å². The molecule has 0 N–H and O–H groups in total. The third-order valence-electron chi connectivity index (χ3n) is 7.30. The second kappa shape index (κ2) is 9.24. The number of ether oxygens (including phenoxy) is 1. The lowest BCUT2D eigenvalue weighted by atomic mass is 9.75. The van der Waals surface area contributed by atoms with Crippen LogP contribution in [0.4, 0.5) is 19.3 Å². The van der Waals surface area contributed by atoms with Gasteiger partial charge in [0.15, 0.2) is 0 Å². The van der Waals surface area contributed by atoms with E-state index in [1.165, 1.54) is 0 Å². The minimum absolute atomic E-state index is 0.0487. The molecular weight excluding hydrogens is 454 g/mol. The molecule has 1 aromatic heterocycles. The van der Waals surface area contributed by atoms with Gasteiger partial charge in [-0.15, -0.1) is 0 Å². The first-order chi connectivity index (χ1) is 16.8. The van der Waals surface area contributed by atoms with Crippen LogP contribution >= 0.6 is 0 Å². The molecule has 1 aliphatic carbocycles. The lowest BCUT2D eigenvalue weighted by Crippen LogP contribution is -2.65. The van der Waals surface area contributed by atoms with E-state index in [-0.39, 0.29) is 38.1 Å². The largest absolute Gasteiger partial charge is 0.447 e. The number of alkyl halides is 2. The molecule has 1 aromatic carbocycles. The molecule has 2 amide bonds. The van der Waals surface area contributed by atoms with Crippen molar-refractivity contribution >= 4 is 17.7 Å². The van der Waals surface area contributed by atoms with Gasteiger partial charge in [-0.25, -0.2) is 18.6 Å². The summed E-state index contributed by atoms with van der Waals surface area (Å²) in [7, 11) is 0. The zero-order chi connectivity index (χ0) is 24.7. The SMILES string of the molecule is CC(C)OC(=O)N1CC2(C1)C(=O)N(Cc1nc3c(n1CCCC(F)F)CCCC3)c1ccccc12. The number of imidazole rings is 1. The lowest BCUT2D eigenvalue weighted by molar-refractivity contribution is -0.128. The Morgan fingerprint density at radius 2 is 1.91 bits per heavy atom. The summed E-state index contributed by atoms with van der Waals surface area (Å²) in [4.78, 5) is 34.4. The van der Waals surface area contributed by atoms with Gasteiger partial charge < -0.3 is 19.1 Å². The number of hydrogen-bond acceptors (Lipinski definition) is 4. The molecule has 188 valence electrons. The van der Waals surface area contributed by atoms with Crippen LogP contribution in [0.2, 0.25) is 0 Å². The molecule has 9 heteroatoms. The van der Waals surface area contributed by atoms with Crippen molar-refractivity contribution in [2.75, 3.05) is 18.0 Å². The second-order valence-electron chi connectivity index (χ2n) is 10.1. The molecule has 1 saturated heterocycles. The van der Waals surface area contributed by atoms with E-state index >= 15 is 0 Å². The first-order valence-corrected chi connectivity index (χ1v) is 12.5. The van der Waals surface area contributed by atoms with Gasteiger partial charge in [0.05, 0.1) is 18.3 Å². The van der Waals surface area contributed by atoms with Crippen molar-refractivity contribution in [3.63, 3.8) is 0 Å². The van der Waals surface area contributed by atoms with Gasteiger partial charge >= 0.3 is 6.09 Å². The third kappa shape index (κ3) is 4.19. The van der Waals surface area contributed by atoms with Gasteiger partial charge in [-0.2, -0.15) is 0 Å². The molecule has 7 nitrogen and oxygen atoms in total. The first-order valence-electron chi connectivity index (χ1n) is 12.5. The topological polar surface area (TPSA) is 67.7 Å². The highest BCUT2D eigenvalue weighted by Gasteiger charge is 2.59. The number of fused-ring (bicyclic) bond motifs is 3. The number of carbonyl (C=O) groups is 2. The van der Waals surface area contributed by atoms with Crippen molar-refractivity contribution in [3.05, 3.63) is 47.0 Å². The molecule has 0 bridgehead atoms. The minimum atomic E-state index is -2.33. The molecular formula is C26H32F2N4O3. The molecule has 2 aliphatic heterocycles. The van der Waals surface area contributed by atoms with Crippen molar-refractivity contribution in [1.82, 2.24) is 14.5 Å². The van der Waals surface area contributed by atoms with Crippen molar-refractivity contribution in [1.29, 1.82) is 0 Å². The standard InChI is InChI=1S/C26H32F2N4O3/c1-17(2)35-25(34)30-15-26(16-30)18-8-3-5-10-20(18)32(24(26)33)14-23-29-19-9-4-6-11-21(19)31(23)13-7-12-22(27)28/h3,5,8,10,17,22H,4,6-7,9,11-16H2,1-2H3. The number of likely N-dealkylation sites (tertiary alicyclic amines) is 1. The number of rotatable bonds is 7. The van der Waals surface area contributed by atoms with E-state index in [0.29, 0.717) is 13.0 Å². The molecule has 1 spiro atoms. The summed E-state index contributed by atoms with van der Waals surface area (Å²) < 4.78 is 33.0. The van der Waals surface area contributed by atoms with Crippen LogP contribution in [0, 0.1) is 0 Å². The Morgan fingerprint density at radius 1 is 1.17 bits per heavy atom. The maximum atomic E-state index is 13.8. The van der Waals surface area contributed by atoms with Gasteiger partial charge in [0, 0.05) is 37.4 Å². The maximum absolute atomic E-state index is 13.8. The Hall–Kier alpha value is -2.97. The van der Waals surface area contributed by atoms with Crippen LogP contribution in [0.5, 0.6) is 0 Å². The average molecular weight is 487 g/mol. The van der Waals surface area contributed by atoms with Crippen molar-refractivity contribution in [3.8, 4) is 0 Å². The zero-order valence-electron chi connectivity index (χ0n) is 20.3. The highest BCUT2D eigenvalue weighted by Crippen LogP contribution is 2.48. The summed E-state index contributed by atoms with van der Waals surface area (Å²) in [5.74, 6) is 0.703. The molecule has 0 atom stereocenters. The number of amides is 2. The molecule has 0 saturated carbocycles. The van der Waals surface area contributed by atoms with Crippen molar-refractivity contribution < 1.29 is 23.1 Å². The predicted octanol–water partition coefficient (Wildman–Crippen LogP) is 4.45. The number of halogens is 2. The summed E-state index contributed by atoms with van der Waals surface area (Å²) in [5, 5.41) is 0. The Kier molecular flexibility index (Phi) is 6.27. The number of benzene rings is 1. The Labute approximate surface area is 204 Å². The molecule has 5 rings (SSSR count). The Balaban J connectivity index is 1.41. The van der Waals surface area contributed by atoms with Crippen molar-refractivity contribution in [2.45, 2.75) is 83.4 Å². The van der Waals surface area contributed by atoms with E-state index in [2.05, 4.69) is 4.57 Å². The van der Waals surface area contributed by atoms with E-state index in [4.69, 9.17) is 9.72 Å². The van der Waals surface area contributed by atoms with Crippen LogP contribution < -0.4 is 4.90 Å². The van der Waals surface area contributed by atoms with E-state index in [1.807, 2.05) is 24.3 Å². The highest BCUT2D eigenvalue weighted by atomic mass is 19.3. The average Bonchev–Trinajstić information content (AvgIpc) is 3.25. The van der Waals surface area contributed by atoms with E-state index in [9.17, 15) is 18.4 Å². The van der Waals surface area contributed by atoms with Crippen LogP contribution in [-0.2, 0) is 40.9 Å². The second-order valence-corrected chi connectivity index (χ2v) is 10.1. The highest BCUT2D eigenvalue weighted by molar-refractivity contribution is 6.09.